The number of carbonyl (C=O) groups is 1. The summed E-state index contributed by atoms with van der Waals surface area (Å²) in [5, 5.41) is 10.6. The van der Waals surface area contributed by atoms with Gasteiger partial charge in [0, 0.05) is 38.9 Å². The van der Waals surface area contributed by atoms with Crippen LogP contribution in [0.25, 0.3) is 0 Å². The first-order valence-corrected chi connectivity index (χ1v) is 10.5. The Kier molecular flexibility index (Phi) is 8.34. The second-order valence-corrected chi connectivity index (χ2v) is 7.58. The van der Waals surface area contributed by atoms with Gasteiger partial charge in [-0.2, -0.15) is 13.2 Å². The summed E-state index contributed by atoms with van der Waals surface area (Å²) in [5.41, 5.74) is -0.796. The van der Waals surface area contributed by atoms with Crippen LogP contribution in [0.2, 0.25) is 0 Å². The van der Waals surface area contributed by atoms with Crippen molar-refractivity contribution in [3.8, 4) is 0 Å². The molecular formula is C21H26F3N5O3. The standard InChI is InChI=1S/C21H26F3N5O3/c22-21(23,24)16-4-1-3-15(13-16)14-18-26-20(31)17(27-28-18)5-6-19(30)25-7-2-8-29-9-11-32-12-10-29/h1,3-4,13H,2,5-12,14H2,(H,25,30)(H,26,28,31). The summed E-state index contributed by atoms with van der Waals surface area (Å²) in [6.45, 7) is 4.72. The molecule has 0 saturated carbocycles. The van der Waals surface area contributed by atoms with Crippen molar-refractivity contribution in [2.75, 3.05) is 39.4 Å². The van der Waals surface area contributed by atoms with E-state index in [0.717, 1.165) is 51.4 Å². The van der Waals surface area contributed by atoms with Gasteiger partial charge in [-0.3, -0.25) is 14.5 Å². The molecule has 32 heavy (non-hydrogen) atoms. The van der Waals surface area contributed by atoms with E-state index in [2.05, 4.69) is 25.4 Å². The molecule has 1 aromatic heterocycles. The van der Waals surface area contributed by atoms with Crippen molar-refractivity contribution in [2.24, 2.45) is 0 Å². The number of nitrogens with zero attached hydrogens (tertiary/aromatic N) is 3. The highest BCUT2D eigenvalue weighted by Crippen LogP contribution is 2.29. The summed E-state index contributed by atoms with van der Waals surface area (Å²) in [5.74, 6) is -0.0214. The number of aromatic amines is 1. The molecule has 2 heterocycles. The molecule has 1 aliphatic heterocycles. The van der Waals surface area contributed by atoms with Crippen molar-refractivity contribution in [3.63, 3.8) is 0 Å². The number of aromatic nitrogens is 3. The average Bonchev–Trinajstić information content (AvgIpc) is 2.76. The van der Waals surface area contributed by atoms with Crippen LogP contribution in [-0.2, 0) is 28.5 Å². The first-order valence-electron chi connectivity index (χ1n) is 10.5. The number of hydrogen-bond donors (Lipinski definition) is 2. The topological polar surface area (TPSA) is 100 Å². The number of amides is 1. The molecule has 1 amide bonds. The molecule has 2 N–H and O–H groups in total. The summed E-state index contributed by atoms with van der Waals surface area (Å²) in [6.07, 6.45) is -3.38. The molecule has 1 aliphatic rings. The fraction of sp³-hybridized carbons (Fsp3) is 0.524. The SMILES string of the molecule is O=C(CCc1nnc(Cc2cccc(C(F)(F)F)c2)[nH]c1=O)NCCCN1CCOCC1. The summed E-state index contributed by atoms with van der Waals surface area (Å²) < 4.78 is 43.8. The number of rotatable bonds is 9. The summed E-state index contributed by atoms with van der Waals surface area (Å²) in [6, 6.07) is 4.82. The van der Waals surface area contributed by atoms with Crippen LogP contribution < -0.4 is 10.9 Å². The molecule has 1 fully saturated rings. The first-order chi connectivity index (χ1) is 15.3. The lowest BCUT2D eigenvalue weighted by molar-refractivity contribution is -0.137. The third-order valence-electron chi connectivity index (χ3n) is 5.10. The molecule has 1 aromatic carbocycles. The predicted octanol–water partition coefficient (Wildman–Crippen LogP) is 1.55. The summed E-state index contributed by atoms with van der Waals surface area (Å²) in [4.78, 5) is 29.0. The number of alkyl halides is 3. The van der Waals surface area contributed by atoms with Crippen molar-refractivity contribution >= 4 is 5.91 Å². The number of H-pyrrole nitrogens is 1. The smallest absolute Gasteiger partial charge is 0.379 e. The number of halogens is 3. The maximum Gasteiger partial charge on any atom is 0.416 e. The van der Waals surface area contributed by atoms with Crippen molar-refractivity contribution < 1.29 is 22.7 Å². The first kappa shape index (κ1) is 23.9. The molecule has 0 spiro atoms. The van der Waals surface area contributed by atoms with Crippen LogP contribution >= 0.6 is 0 Å². The Morgan fingerprint density at radius 2 is 2.00 bits per heavy atom. The normalized spacial score (nSPS) is 15.0. The highest BCUT2D eigenvalue weighted by Gasteiger charge is 2.30. The maximum atomic E-state index is 12.8. The predicted molar refractivity (Wildman–Crippen MR) is 110 cm³/mol. The van der Waals surface area contributed by atoms with Gasteiger partial charge in [-0.1, -0.05) is 18.2 Å². The lowest BCUT2D eigenvalue weighted by Crippen LogP contribution is -2.38. The van der Waals surface area contributed by atoms with Crippen LogP contribution in [0.15, 0.2) is 29.1 Å². The minimum atomic E-state index is -4.44. The van der Waals surface area contributed by atoms with E-state index < -0.39 is 17.3 Å². The Bertz CT molecular complexity index is 958. The van der Waals surface area contributed by atoms with Gasteiger partial charge in [-0.05, 0) is 24.6 Å². The maximum absolute atomic E-state index is 12.8. The second kappa shape index (κ2) is 11.2. The zero-order chi connectivity index (χ0) is 23.0. The number of aryl methyl sites for hydroxylation is 1. The van der Waals surface area contributed by atoms with E-state index in [-0.39, 0.29) is 36.7 Å². The van der Waals surface area contributed by atoms with E-state index in [4.69, 9.17) is 4.74 Å². The molecule has 0 bridgehead atoms. The van der Waals surface area contributed by atoms with Gasteiger partial charge in [0.2, 0.25) is 5.91 Å². The minimum absolute atomic E-state index is 0.00999. The summed E-state index contributed by atoms with van der Waals surface area (Å²) in [7, 11) is 0. The molecule has 0 aliphatic carbocycles. The minimum Gasteiger partial charge on any atom is -0.379 e. The third kappa shape index (κ3) is 7.41. The fourth-order valence-electron chi connectivity index (χ4n) is 3.36. The highest BCUT2D eigenvalue weighted by atomic mass is 19.4. The van der Waals surface area contributed by atoms with Gasteiger partial charge in [0.1, 0.15) is 11.5 Å². The quantitative estimate of drug-likeness (QED) is 0.559. The fourth-order valence-corrected chi connectivity index (χ4v) is 3.36. The van der Waals surface area contributed by atoms with E-state index in [1.807, 2.05) is 0 Å². The summed E-state index contributed by atoms with van der Waals surface area (Å²) >= 11 is 0. The third-order valence-corrected chi connectivity index (χ3v) is 5.10. The monoisotopic (exact) mass is 453 g/mol. The Hall–Kier alpha value is -2.79. The number of carbonyl (C=O) groups excluding carboxylic acids is 1. The van der Waals surface area contributed by atoms with Crippen molar-refractivity contribution in [3.05, 3.63) is 57.3 Å². The molecule has 0 atom stereocenters. The van der Waals surface area contributed by atoms with E-state index in [1.54, 1.807) is 0 Å². The molecule has 1 saturated heterocycles. The van der Waals surface area contributed by atoms with Gasteiger partial charge in [-0.25, -0.2) is 0 Å². The van der Waals surface area contributed by atoms with Gasteiger partial charge in [0.15, 0.2) is 0 Å². The zero-order valence-corrected chi connectivity index (χ0v) is 17.6. The van der Waals surface area contributed by atoms with Crippen molar-refractivity contribution in [2.45, 2.75) is 31.9 Å². The molecule has 174 valence electrons. The van der Waals surface area contributed by atoms with Crippen LogP contribution in [0, 0.1) is 0 Å². The Morgan fingerprint density at radius 3 is 2.72 bits per heavy atom. The van der Waals surface area contributed by atoms with Gasteiger partial charge in [-0.15, -0.1) is 10.2 Å². The van der Waals surface area contributed by atoms with Gasteiger partial charge < -0.3 is 15.0 Å². The molecule has 11 heteroatoms. The molecule has 2 aromatic rings. The van der Waals surface area contributed by atoms with E-state index in [1.165, 1.54) is 12.1 Å². The molecule has 8 nitrogen and oxygen atoms in total. The van der Waals surface area contributed by atoms with E-state index in [9.17, 15) is 22.8 Å². The van der Waals surface area contributed by atoms with Gasteiger partial charge >= 0.3 is 6.18 Å². The molecule has 0 unspecified atom stereocenters. The average molecular weight is 453 g/mol. The Balaban J connectivity index is 1.44. The molecular weight excluding hydrogens is 427 g/mol. The van der Waals surface area contributed by atoms with Crippen molar-refractivity contribution in [1.29, 1.82) is 0 Å². The van der Waals surface area contributed by atoms with Gasteiger partial charge in [0.05, 0.1) is 18.8 Å². The van der Waals surface area contributed by atoms with Gasteiger partial charge in [0.25, 0.3) is 5.56 Å². The molecule has 0 radical (unpaired) electrons. The number of hydrogen-bond acceptors (Lipinski definition) is 6. The van der Waals surface area contributed by atoms with Crippen LogP contribution in [0.5, 0.6) is 0 Å². The Morgan fingerprint density at radius 1 is 1.22 bits per heavy atom. The lowest BCUT2D eigenvalue weighted by atomic mass is 10.1. The van der Waals surface area contributed by atoms with Crippen LogP contribution in [0.1, 0.15) is 35.5 Å². The zero-order valence-electron chi connectivity index (χ0n) is 17.6. The van der Waals surface area contributed by atoms with Crippen LogP contribution in [0.4, 0.5) is 13.2 Å². The number of benzene rings is 1. The lowest BCUT2D eigenvalue weighted by Gasteiger charge is -2.26. The number of morpholine rings is 1. The number of nitrogens with one attached hydrogen (secondary N) is 2. The second-order valence-electron chi connectivity index (χ2n) is 7.58. The van der Waals surface area contributed by atoms with E-state index >= 15 is 0 Å². The highest BCUT2D eigenvalue weighted by molar-refractivity contribution is 5.76. The van der Waals surface area contributed by atoms with Crippen LogP contribution in [0.3, 0.4) is 0 Å². The number of ether oxygens (including phenoxy) is 1. The Labute approximate surface area is 183 Å². The molecule has 3 rings (SSSR count). The largest absolute Gasteiger partial charge is 0.416 e. The van der Waals surface area contributed by atoms with Crippen molar-refractivity contribution in [1.82, 2.24) is 25.4 Å². The van der Waals surface area contributed by atoms with E-state index in [0.29, 0.717) is 12.1 Å². The van der Waals surface area contributed by atoms with Crippen LogP contribution in [-0.4, -0.2) is 65.4 Å².